The van der Waals surface area contributed by atoms with Crippen LogP contribution in [0.25, 0.3) is 0 Å². The van der Waals surface area contributed by atoms with Gasteiger partial charge in [0.2, 0.25) is 0 Å². The quantitative estimate of drug-likeness (QED) is 0.844. The highest BCUT2D eigenvalue weighted by molar-refractivity contribution is 5.92. The molecule has 1 saturated carbocycles. The normalized spacial score (nSPS) is 23.0. The Labute approximate surface area is 140 Å². The molecule has 2 aromatic rings. The molecule has 3 atom stereocenters. The molecule has 134 valence electrons. The van der Waals surface area contributed by atoms with E-state index in [0.29, 0.717) is 6.42 Å². The average molecular weight is 356 g/mol. The molecule has 0 unspecified atom stereocenters. The zero-order valence-electron chi connectivity index (χ0n) is 12.8. The number of nitrogens with zero attached hydrogens (tertiary/aromatic N) is 3. The summed E-state index contributed by atoms with van der Waals surface area (Å²) in [7, 11) is 0. The molecule has 2 heterocycles. The van der Waals surface area contributed by atoms with Crippen LogP contribution < -0.4 is 10.1 Å². The Bertz CT molecular complexity index is 719. The number of halogens is 3. The van der Waals surface area contributed by atoms with Gasteiger partial charge in [-0.1, -0.05) is 0 Å². The van der Waals surface area contributed by atoms with E-state index in [9.17, 15) is 23.1 Å². The van der Waals surface area contributed by atoms with Crippen molar-refractivity contribution in [2.24, 2.45) is 0 Å². The minimum Gasteiger partial charge on any atom is -0.483 e. The number of hydrogen-bond acceptors (Lipinski definition) is 5. The Morgan fingerprint density at radius 1 is 1.44 bits per heavy atom. The molecule has 0 saturated heterocycles. The number of aromatic nitrogens is 3. The van der Waals surface area contributed by atoms with Crippen molar-refractivity contribution in [1.82, 2.24) is 20.1 Å². The first-order valence-electron chi connectivity index (χ1n) is 7.47. The second kappa shape index (κ2) is 6.71. The van der Waals surface area contributed by atoms with E-state index in [-0.39, 0.29) is 23.5 Å². The third kappa shape index (κ3) is 4.08. The molecule has 10 heteroatoms. The first-order valence-corrected chi connectivity index (χ1v) is 7.47. The molecule has 7 nitrogen and oxygen atoms in total. The van der Waals surface area contributed by atoms with E-state index < -0.39 is 24.8 Å². The van der Waals surface area contributed by atoms with Gasteiger partial charge in [0, 0.05) is 12.4 Å². The van der Waals surface area contributed by atoms with Gasteiger partial charge in [-0.15, -0.1) is 0 Å². The lowest BCUT2D eigenvalue weighted by Gasteiger charge is -2.41. The third-order valence-corrected chi connectivity index (χ3v) is 3.82. The lowest BCUT2D eigenvalue weighted by molar-refractivity contribution is -0.153. The maximum Gasteiger partial charge on any atom is 0.422 e. The molecule has 1 fully saturated rings. The molecule has 1 aliphatic rings. The van der Waals surface area contributed by atoms with Gasteiger partial charge in [-0.3, -0.25) is 9.48 Å². The lowest BCUT2D eigenvalue weighted by atomic mass is 9.83. The van der Waals surface area contributed by atoms with Crippen molar-refractivity contribution in [3.8, 4) is 5.75 Å². The van der Waals surface area contributed by atoms with E-state index >= 15 is 0 Å². The van der Waals surface area contributed by atoms with E-state index in [0.717, 1.165) is 6.20 Å². The Hall–Kier alpha value is -2.62. The molecule has 2 N–H and O–H groups in total. The van der Waals surface area contributed by atoms with Gasteiger partial charge >= 0.3 is 6.18 Å². The maximum absolute atomic E-state index is 12.2. The molecule has 2 aromatic heterocycles. The number of ether oxygens (including phenoxy) is 1. The van der Waals surface area contributed by atoms with Crippen molar-refractivity contribution in [3.05, 3.63) is 42.5 Å². The van der Waals surface area contributed by atoms with Crippen LogP contribution in [0.5, 0.6) is 5.75 Å². The maximum atomic E-state index is 12.2. The number of amides is 1. The minimum absolute atomic E-state index is 0.0416. The van der Waals surface area contributed by atoms with Gasteiger partial charge in [0.15, 0.2) is 6.61 Å². The number of hydrogen-bond donors (Lipinski definition) is 2. The molecular formula is C15H15F3N4O3. The number of carbonyl (C=O) groups is 1. The van der Waals surface area contributed by atoms with Crippen molar-refractivity contribution < 1.29 is 27.8 Å². The van der Waals surface area contributed by atoms with Crippen LogP contribution >= 0.6 is 0 Å². The zero-order chi connectivity index (χ0) is 18.0. The smallest absolute Gasteiger partial charge is 0.422 e. The molecule has 0 spiro atoms. The predicted molar refractivity (Wildman–Crippen MR) is 78.9 cm³/mol. The van der Waals surface area contributed by atoms with Gasteiger partial charge in [-0.2, -0.15) is 18.3 Å². The molecule has 1 aliphatic carbocycles. The van der Waals surface area contributed by atoms with Crippen LogP contribution in [0.2, 0.25) is 0 Å². The van der Waals surface area contributed by atoms with Crippen LogP contribution in [0.4, 0.5) is 13.2 Å². The number of carbonyl (C=O) groups excluding carboxylic acids is 1. The average Bonchev–Trinajstić information content (AvgIpc) is 3.05. The number of aliphatic hydroxyl groups excluding tert-OH is 1. The number of pyridine rings is 1. The van der Waals surface area contributed by atoms with Gasteiger partial charge in [-0.25, -0.2) is 4.98 Å². The largest absolute Gasteiger partial charge is 0.483 e. The Balaban J connectivity index is 1.58. The fourth-order valence-electron chi connectivity index (χ4n) is 2.58. The summed E-state index contributed by atoms with van der Waals surface area (Å²) in [5.41, 5.74) is 0.0416. The summed E-state index contributed by atoms with van der Waals surface area (Å²) in [5, 5.41) is 16.6. The van der Waals surface area contributed by atoms with E-state index in [4.69, 9.17) is 0 Å². The first-order chi connectivity index (χ1) is 11.8. The van der Waals surface area contributed by atoms with Crippen LogP contribution in [0.15, 0.2) is 36.8 Å². The Morgan fingerprint density at radius 2 is 2.24 bits per heavy atom. The van der Waals surface area contributed by atoms with Crippen molar-refractivity contribution in [3.63, 3.8) is 0 Å². The summed E-state index contributed by atoms with van der Waals surface area (Å²) in [5.74, 6) is -0.571. The number of alkyl halides is 3. The van der Waals surface area contributed by atoms with Gasteiger partial charge in [0.05, 0.1) is 24.4 Å². The molecule has 0 aromatic carbocycles. The highest BCUT2D eigenvalue weighted by Crippen LogP contribution is 2.32. The van der Waals surface area contributed by atoms with Crippen molar-refractivity contribution in [2.75, 3.05) is 6.61 Å². The number of aliphatic hydroxyl groups is 1. The fourth-order valence-corrected chi connectivity index (χ4v) is 2.58. The van der Waals surface area contributed by atoms with Gasteiger partial charge < -0.3 is 15.2 Å². The minimum atomic E-state index is -4.44. The lowest BCUT2D eigenvalue weighted by Crippen LogP contribution is -2.56. The number of nitrogens with one attached hydrogen (secondary N) is 1. The summed E-state index contributed by atoms with van der Waals surface area (Å²) in [6.45, 7) is -1.42. The van der Waals surface area contributed by atoms with E-state index in [2.05, 4.69) is 20.1 Å². The summed E-state index contributed by atoms with van der Waals surface area (Å²) in [4.78, 5) is 16.0. The monoisotopic (exact) mass is 356 g/mol. The summed E-state index contributed by atoms with van der Waals surface area (Å²) in [6, 6.07) is 3.55. The second-order valence-electron chi connectivity index (χ2n) is 5.64. The fraction of sp³-hybridized carbons (Fsp3) is 0.400. The molecular weight excluding hydrogens is 341 g/mol. The standard InChI is InChI=1S/C15H15F3N4O3/c16-15(17,18)8-25-9-2-3-10(19-7-9)14(24)21-11-6-12(23)13(11)22-5-1-4-20-22/h1-5,7,11-13,23H,6,8H2,(H,21,24)/t11-,12+,13+/m0/s1. The van der Waals surface area contributed by atoms with Crippen molar-refractivity contribution in [2.45, 2.75) is 30.8 Å². The molecule has 1 amide bonds. The summed E-state index contributed by atoms with van der Waals surface area (Å²) in [6.07, 6.45) is -0.355. The first kappa shape index (κ1) is 17.2. The van der Waals surface area contributed by atoms with Gasteiger partial charge in [0.25, 0.3) is 5.91 Å². The Morgan fingerprint density at radius 3 is 2.80 bits per heavy atom. The zero-order valence-corrected chi connectivity index (χ0v) is 12.8. The third-order valence-electron chi connectivity index (χ3n) is 3.82. The van der Waals surface area contributed by atoms with E-state index in [1.165, 1.54) is 12.1 Å². The molecule has 0 radical (unpaired) electrons. The van der Waals surface area contributed by atoms with Gasteiger partial charge in [0.1, 0.15) is 11.4 Å². The van der Waals surface area contributed by atoms with E-state index in [1.807, 2.05) is 0 Å². The highest BCUT2D eigenvalue weighted by atomic mass is 19.4. The topological polar surface area (TPSA) is 89.3 Å². The SMILES string of the molecule is O=C(N[C@H]1C[C@@H](O)[C@@H]1n1cccn1)c1ccc(OCC(F)(F)F)cn1. The van der Waals surface area contributed by atoms with Crippen molar-refractivity contribution in [1.29, 1.82) is 0 Å². The van der Waals surface area contributed by atoms with Crippen LogP contribution in [-0.2, 0) is 0 Å². The second-order valence-corrected chi connectivity index (χ2v) is 5.64. The van der Waals surface area contributed by atoms with Crippen LogP contribution in [-0.4, -0.2) is 50.7 Å². The van der Waals surface area contributed by atoms with E-state index in [1.54, 1.807) is 23.1 Å². The van der Waals surface area contributed by atoms with Crippen LogP contribution in [0, 0.1) is 0 Å². The van der Waals surface area contributed by atoms with Crippen LogP contribution in [0.1, 0.15) is 23.0 Å². The van der Waals surface area contributed by atoms with Gasteiger partial charge in [-0.05, 0) is 24.6 Å². The number of rotatable bonds is 5. The molecule has 25 heavy (non-hydrogen) atoms. The summed E-state index contributed by atoms with van der Waals surface area (Å²) < 4.78 is 42.4. The molecule has 3 rings (SSSR count). The van der Waals surface area contributed by atoms with Crippen LogP contribution in [0.3, 0.4) is 0 Å². The molecule has 0 aliphatic heterocycles. The highest BCUT2D eigenvalue weighted by Gasteiger charge is 2.42. The summed E-state index contributed by atoms with van der Waals surface area (Å²) >= 11 is 0. The predicted octanol–water partition coefficient (Wildman–Crippen LogP) is 1.32. The molecule has 0 bridgehead atoms. The Kier molecular flexibility index (Phi) is 4.62. The van der Waals surface area contributed by atoms with Crippen molar-refractivity contribution >= 4 is 5.91 Å².